The van der Waals surface area contributed by atoms with Crippen molar-refractivity contribution in [2.24, 2.45) is 4.99 Å². The lowest BCUT2D eigenvalue weighted by Gasteiger charge is -2.21. The zero-order chi connectivity index (χ0) is 12.5. The van der Waals surface area contributed by atoms with Crippen LogP contribution in [0, 0.1) is 12.3 Å². The molecule has 0 aromatic carbocycles. The third kappa shape index (κ3) is 4.92. The highest BCUT2D eigenvalue weighted by Gasteiger charge is 2.05. The summed E-state index contributed by atoms with van der Waals surface area (Å²) in [6, 6.07) is 4.24. The molecule has 0 fully saturated rings. The molecule has 3 nitrogen and oxygen atoms in total. The molecule has 0 saturated heterocycles. The molecule has 1 aromatic rings. The number of terminal acetylenes is 1. The molecule has 0 unspecified atom stereocenters. The second-order valence-corrected chi connectivity index (χ2v) is 4.66. The Hall–Kier alpha value is -1.47. The molecule has 1 aromatic heterocycles. The average Bonchev–Trinajstić information content (AvgIpc) is 2.84. The summed E-state index contributed by atoms with van der Waals surface area (Å²) < 4.78 is 0. The molecule has 0 radical (unpaired) electrons. The van der Waals surface area contributed by atoms with Gasteiger partial charge in [-0.25, -0.2) is 4.99 Å². The van der Waals surface area contributed by atoms with E-state index in [0.717, 1.165) is 25.5 Å². The Kier molecular flexibility index (Phi) is 6.19. The summed E-state index contributed by atoms with van der Waals surface area (Å²) in [5, 5.41) is 5.34. The smallest absolute Gasteiger partial charge is 0.194 e. The Morgan fingerprint density at radius 3 is 3.06 bits per heavy atom. The summed E-state index contributed by atoms with van der Waals surface area (Å²) in [6.07, 6.45) is 6.26. The molecule has 0 spiro atoms. The zero-order valence-electron chi connectivity index (χ0n) is 10.4. The van der Waals surface area contributed by atoms with Gasteiger partial charge in [-0.3, -0.25) is 0 Å². The van der Waals surface area contributed by atoms with Crippen LogP contribution in [0.1, 0.15) is 11.8 Å². The van der Waals surface area contributed by atoms with Crippen LogP contribution in [-0.2, 0) is 6.42 Å². The molecule has 0 atom stereocenters. The number of aliphatic imine (C=N–C) groups is 1. The highest BCUT2D eigenvalue weighted by molar-refractivity contribution is 7.09. The maximum atomic E-state index is 5.22. The molecule has 0 amide bonds. The summed E-state index contributed by atoms with van der Waals surface area (Å²) in [6.45, 7) is 4.27. The number of nitrogens with zero attached hydrogens (tertiary/aromatic N) is 2. The summed E-state index contributed by atoms with van der Waals surface area (Å²) >= 11 is 1.79. The monoisotopic (exact) mass is 249 g/mol. The van der Waals surface area contributed by atoms with Crippen molar-refractivity contribution < 1.29 is 0 Å². The summed E-state index contributed by atoms with van der Waals surface area (Å²) in [4.78, 5) is 7.84. The Morgan fingerprint density at radius 1 is 1.65 bits per heavy atom. The van der Waals surface area contributed by atoms with E-state index >= 15 is 0 Å². The van der Waals surface area contributed by atoms with Crippen LogP contribution in [0.3, 0.4) is 0 Å². The zero-order valence-corrected chi connectivity index (χ0v) is 11.3. The van der Waals surface area contributed by atoms with Crippen LogP contribution < -0.4 is 5.32 Å². The van der Waals surface area contributed by atoms with Crippen LogP contribution in [0.5, 0.6) is 0 Å². The molecule has 92 valence electrons. The number of hydrogen-bond donors (Lipinski definition) is 1. The van der Waals surface area contributed by atoms with Crippen LogP contribution >= 0.6 is 11.3 Å². The van der Waals surface area contributed by atoms with Gasteiger partial charge in [0.15, 0.2) is 5.96 Å². The topological polar surface area (TPSA) is 27.6 Å². The van der Waals surface area contributed by atoms with E-state index < -0.39 is 0 Å². The Morgan fingerprint density at radius 2 is 2.47 bits per heavy atom. The lowest BCUT2D eigenvalue weighted by Crippen LogP contribution is -2.40. The van der Waals surface area contributed by atoms with Crippen molar-refractivity contribution in [1.82, 2.24) is 10.2 Å². The van der Waals surface area contributed by atoms with Gasteiger partial charge in [-0.2, -0.15) is 0 Å². The first kappa shape index (κ1) is 13.6. The predicted octanol–water partition coefficient (Wildman–Crippen LogP) is 1.82. The van der Waals surface area contributed by atoms with Gasteiger partial charge >= 0.3 is 0 Å². The fourth-order valence-corrected chi connectivity index (χ4v) is 2.13. The van der Waals surface area contributed by atoms with Gasteiger partial charge in [-0.05, 0) is 24.8 Å². The van der Waals surface area contributed by atoms with Gasteiger partial charge in [0, 0.05) is 25.0 Å². The number of hydrogen-bond acceptors (Lipinski definition) is 2. The van der Waals surface area contributed by atoms with E-state index in [9.17, 15) is 0 Å². The minimum atomic E-state index is 0.422. The lowest BCUT2D eigenvalue weighted by atomic mass is 10.3. The second kappa shape index (κ2) is 7.75. The van der Waals surface area contributed by atoms with Gasteiger partial charge < -0.3 is 10.2 Å². The second-order valence-electron chi connectivity index (χ2n) is 3.63. The summed E-state index contributed by atoms with van der Waals surface area (Å²) in [5.41, 5.74) is 0. The van der Waals surface area contributed by atoms with Crippen LogP contribution in [0.15, 0.2) is 22.5 Å². The first-order valence-corrected chi connectivity index (χ1v) is 6.61. The summed E-state index contributed by atoms with van der Waals surface area (Å²) in [5.74, 6) is 3.41. The molecule has 4 heteroatoms. The third-order valence-electron chi connectivity index (χ3n) is 2.29. The largest absolute Gasteiger partial charge is 0.356 e. The fourth-order valence-electron chi connectivity index (χ4n) is 1.43. The lowest BCUT2D eigenvalue weighted by molar-refractivity contribution is 0.488. The van der Waals surface area contributed by atoms with Crippen molar-refractivity contribution in [1.29, 1.82) is 0 Å². The van der Waals surface area contributed by atoms with Crippen molar-refractivity contribution in [2.45, 2.75) is 13.3 Å². The number of likely N-dealkylation sites (N-methyl/N-ethyl adjacent to an activating group) is 1. The van der Waals surface area contributed by atoms with Crippen molar-refractivity contribution in [3.63, 3.8) is 0 Å². The van der Waals surface area contributed by atoms with E-state index in [2.05, 4.69) is 45.6 Å². The predicted molar refractivity (Wildman–Crippen MR) is 75.5 cm³/mol. The highest BCUT2D eigenvalue weighted by Crippen LogP contribution is 2.09. The minimum absolute atomic E-state index is 0.422. The summed E-state index contributed by atoms with van der Waals surface area (Å²) in [7, 11) is 2.03. The fraction of sp³-hybridized carbons (Fsp3) is 0.462. The van der Waals surface area contributed by atoms with E-state index in [0.29, 0.717) is 6.54 Å². The number of nitrogens with one attached hydrogen (secondary N) is 1. The van der Waals surface area contributed by atoms with Gasteiger partial charge in [0.25, 0.3) is 0 Å². The first-order chi connectivity index (χ1) is 8.27. The minimum Gasteiger partial charge on any atom is -0.356 e. The molecule has 17 heavy (non-hydrogen) atoms. The number of guanidine groups is 1. The van der Waals surface area contributed by atoms with Gasteiger partial charge in [-0.1, -0.05) is 12.0 Å². The number of rotatable bonds is 5. The van der Waals surface area contributed by atoms with E-state index in [4.69, 9.17) is 6.42 Å². The SMILES string of the molecule is C#CCN=C(NCC)N(C)CCc1cccs1. The molecular formula is C13H19N3S. The van der Waals surface area contributed by atoms with Crippen LogP contribution in [-0.4, -0.2) is 37.5 Å². The molecule has 1 rings (SSSR count). The molecule has 0 saturated carbocycles. The quantitative estimate of drug-likeness (QED) is 0.490. The van der Waals surface area contributed by atoms with Gasteiger partial charge in [-0.15, -0.1) is 17.8 Å². The van der Waals surface area contributed by atoms with Crippen molar-refractivity contribution >= 4 is 17.3 Å². The molecule has 0 aliphatic carbocycles. The average molecular weight is 249 g/mol. The van der Waals surface area contributed by atoms with Gasteiger partial charge in [0.05, 0.1) is 0 Å². The Balaban J connectivity index is 2.47. The molecule has 0 aliphatic heterocycles. The Bertz CT molecular complexity index is 376. The first-order valence-electron chi connectivity index (χ1n) is 5.73. The Labute approximate surface area is 108 Å². The van der Waals surface area contributed by atoms with Crippen molar-refractivity contribution in [3.05, 3.63) is 22.4 Å². The highest BCUT2D eigenvalue weighted by atomic mass is 32.1. The van der Waals surface area contributed by atoms with E-state index in [1.54, 1.807) is 11.3 Å². The van der Waals surface area contributed by atoms with E-state index in [1.165, 1.54) is 4.88 Å². The van der Waals surface area contributed by atoms with Gasteiger partial charge in [0.1, 0.15) is 6.54 Å². The normalized spacial score (nSPS) is 11.0. The standard InChI is InChI=1S/C13H19N3S/c1-4-9-15-13(14-5-2)16(3)10-8-12-7-6-11-17-12/h1,6-7,11H,5,8-10H2,2-3H3,(H,14,15). The van der Waals surface area contributed by atoms with Crippen molar-refractivity contribution in [2.75, 3.05) is 26.7 Å². The van der Waals surface area contributed by atoms with E-state index in [-0.39, 0.29) is 0 Å². The molecule has 0 bridgehead atoms. The molecule has 0 aliphatic rings. The molecule has 1 heterocycles. The third-order valence-corrected chi connectivity index (χ3v) is 3.23. The van der Waals surface area contributed by atoms with Gasteiger partial charge in [0.2, 0.25) is 0 Å². The molecule has 1 N–H and O–H groups in total. The van der Waals surface area contributed by atoms with Crippen molar-refractivity contribution in [3.8, 4) is 12.3 Å². The van der Waals surface area contributed by atoms with Crippen LogP contribution in [0.2, 0.25) is 0 Å². The van der Waals surface area contributed by atoms with E-state index in [1.807, 2.05) is 7.05 Å². The molecular weight excluding hydrogens is 230 g/mol. The van der Waals surface area contributed by atoms with Crippen LogP contribution in [0.25, 0.3) is 0 Å². The maximum absolute atomic E-state index is 5.22. The number of thiophene rings is 1. The maximum Gasteiger partial charge on any atom is 0.194 e. The van der Waals surface area contributed by atoms with Crippen LogP contribution in [0.4, 0.5) is 0 Å².